The summed E-state index contributed by atoms with van der Waals surface area (Å²) in [7, 11) is 2.91. The summed E-state index contributed by atoms with van der Waals surface area (Å²) >= 11 is 24.5. The van der Waals surface area contributed by atoms with Crippen LogP contribution >= 0.6 is 69.0 Å². The van der Waals surface area contributed by atoms with Crippen molar-refractivity contribution in [2.75, 3.05) is 14.2 Å². The van der Waals surface area contributed by atoms with E-state index in [1.807, 2.05) is 70.2 Å². The van der Waals surface area contributed by atoms with E-state index in [0.29, 0.717) is 10.3 Å². The largest absolute Gasteiger partial charge is 0.497 e. The molecule has 0 N–H and O–H groups in total. The van der Waals surface area contributed by atoms with Gasteiger partial charge in [-0.1, -0.05) is 47.5 Å². The first-order valence-electron chi connectivity index (χ1n) is 15.5. The Morgan fingerprint density at radius 2 is 1.08 bits per heavy atom. The third kappa shape index (κ3) is 13.2. The normalized spacial score (nSPS) is 14.5. The quantitative estimate of drug-likeness (QED) is 0.0724. The fraction of sp³-hybridized carbons (Fsp3) is 0.389. The van der Waals surface area contributed by atoms with E-state index in [1.54, 1.807) is 21.1 Å². The van der Waals surface area contributed by atoms with Crippen molar-refractivity contribution in [2.24, 2.45) is 0 Å². The topological polar surface area (TPSA) is 62.7 Å². The van der Waals surface area contributed by atoms with E-state index >= 15 is 0 Å². The first kappa shape index (κ1) is 40.6. The van der Waals surface area contributed by atoms with Crippen LogP contribution in [-0.4, -0.2) is 47.3 Å². The lowest BCUT2D eigenvalue weighted by atomic mass is 9.79. The molecule has 0 bridgehead atoms. The van der Waals surface area contributed by atoms with Crippen LogP contribution in [0.1, 0.15) is 57.1 Å². The highest BCUT2D eigenvalue weighted by Gasteiger charge is 2.51. The molecule has 2 aromatic heterocycles. The predicted octanol–water partition coefficient (Wildman–Crippen LogP) is 9.77. The molecule has 1 aliphatic rings. The monoisotopic (exact) mass is 844 g/mol. The molecule has 1 fully saturated rings. The first-order valence-corrected chi connectivity index (χ1v) is 18.2. The highest BCUT2D eigenvalue weighted by atomic mass is 127. The maximum absolute atomic E-state index is 6.25. The molecule has 0 aliphatic carbocycles. The van der Waals surface area contributed by atoms with Gasteiger partial charge in [0.2, 0.25) is 0 Å². The van der Waals surface area contributed by atoms with Gasteiger partial charge in [-0.3, -0.25) is 0 Å². The predicted molar refractivity (Wildman–Crippen MR) is 209 cm³/mol. The van der Waals surface area contributed by atoms with Gasteiger partial charge < -0.3 is 18.8 Å². The van der Waals surface area contributed by atoms with E-state index in [2.05, 4.69) is 62.9 Å². The summed E-state index contributed by atoms with van der Waals surface area (Å²) in [6.45, 7) is 9.87. The van der Waals surface area contributed by atoms with Gasteiger partial charge in [-0.2, -0.15) is 0 Å². The minimum absolute atomic E-state index is 0.222. The molecular formula is C36H42BCl4IN2O4. The van der Waals surface area contributed by atoms with E-state index in [1.165, 1.54) is 11.1 Å². The molecule has 0 atom stereocenters. The zero-order valence-corrected chi connectivity index (χ0v) is 33.5. The van der Waals surface area contributed by atoms with Gasteiger partial charge in [-0.15, -0.1) is 23.2 Å². The first-order chi connectivity index (χ1) is 22.6. The lowest BCUT2D eigenvalue weighted by molar-refractivity contribution is 0.00578. The van der Waals surface area contributed by atoms with Crippen LogP contribution in [0.15, 0.2) is 72.8 Å². The van der Waals surface area contributed by atoms with Crippen molar-refractivity contribution in [2.45, 2.75) is 76.3 Å². The SMILES string of the molecule is CC(Cl)Cl.COc1ccc(CCc2cc(B3OC(C)(C)C(C)(C)O3)cc(Cl)n2)cc1.COc1ccc(CCc2cc(I)cc(Cl)n2)cc1. The summed E-state index contributed by atoms with van der Waals surface area (Å²) in [5.41, 5.74) is 4.61. The average Bonchev–Trinajstić information content (AvgIpc) is 3.25. The zero-order chi connectivity index (χ0) is 35.5. The van der Waals surface area contributed by atoms with Gasteiger partial charge in [-0.25, -0.2) is 9.97 Å². The van der Waals surface area contributed by atoms with E-state index in [-0.39, 0.29) is 16.0 Å². The summed E-state index contributed by atoms with van der Waals surface area (Å²) in [5, 5.41) is 1.02. The van der Waals surface area contributed by atoms with Crippen molar-refractivity contribution >= 4 is 81.6 Å². The number of alkyl halides is 2. The number of hydrogen-bond donors (Lipinski definition) is 0. The standard InChI is InChI=1S/C20H25BClNO3.C14H13ClINO.C2H4Cl2/c1-19(2)20(3,4)26-21(25-19)15-12-16(23-18(22)13-15)9-6-14-7-10-17(24-5)11-8-14;1-18-13-6-3-10(4-7-13)2-5-12-8-11(16)9-14(15)17-12;1-2(3)4/h7-8,10-13H,6,9H2,1-5H3;3-4,6-9H,2,5H2,1H3;2H,1H3. The van der Waals surface area contributed by atoms with Crippen LogP contribution in [0.3, 0.4) is 0 Å². The van der Waals surface area contributed by atoms with Crippen molar-refractivity contribution < 1.29 is 18.8 Å². The average molecular weight is 846 g/mol. The minimum Gasteiger partial charge on any atom is -0.497 e. The fourth-order valence-electron chi connectivity index (χ4n) is 4.59. The Hall–Kier alpha value is -1.79. The van der Waals surface area contributed by atoms with E-state index in [9.17, 15) is 0 Å². The molecular weight excluding hydrogens is 804 g/mol. The summed E-state index contributed by atoms with van der Waals surface area (Å²) in [6, 6.07) is 24.0. The molecule has 0 radical (unpaired) electrons. The Morgan fingerprint density at radius 3 is 1.48 bits per heavy atom. The highest BCUT2D eigenvalue weighted by Crippen LogP contribution is 2.36. The van der Waals surface area contributed by atoms with Crippen LogP contribution in [0, 0.1) is 3.57 Å². The van der Waals surface area contributed by atoms with Gasteiger partial charge in [-0.05, 0) is 148 Å². The summed E-state index contributed by atoms with van der Waals surface area (Å²) in [5.74, 6) is 1.74. The van der Waals surface area contributed by atoms with Crippen molar-refractivity contribution in [3.63, 3.8) is 0 Å². The number of aryl methyl sites for hydroxylation is 4. The smallest absolute Gasteiger partial charge is 0.495 e. The van der Waals surface area contributed by atoms with Gasteiger partial charge in [0.25, 0.3) is 0 Å². The third-order valence-corrected chi connectivity index (χ3v) is 8.87. The maximum Gasteiger partial charge on any atom is 0.495 e. The molecule has 258 valence electrons. The molecule has 0 unspecified atom stereocenters. The van der Waals surface area contributed by atoms with Gasteiger partial charge in [0, 0.05) is 15.0 Å². The lowest BCUT2D eigenvalue weighted by Crippen LogP contribution is -2.41. The van der Waals surface area contributed by atoms with Crippen molar-refractivity contribution in [3.05, 3.63) is 109 Å². The Labute approximate surface area is 319 Å². The van der Waals surface area contributed by atoms with Crippen LogP contribution in [0.2, 0.25) is 10.3 Å². The van der Waals surface area contributed by atoms with Crippen LogP contribution < -0.4 is 14.9 Å². The summed E-state index contributed by atoms with van der Waals surface area (Å²) < 4.78 is 23.7. The van der Waals surface area contributed by atoms with Gasteiger partial charge in [0.05, 0.1) is 25.4 Å². The Bertz CT molecular complexity index is 1550. The molecule has 1 saturated heterocycles. The summed E-state index contributed by atoms with van der Waals surface area (Å²) in [6.07, 6.45) is 3.51. The Morgan fingerprint density at radius 1 is 0.688 bits per heavy atom. The molecule has 48 heavy (non-hydrogen) atoms. The fourth-order valence-corrected chi connectivity index (χ4v) is 5.89. The van der Waals surface area contributed by atoms with E-state index in [4.69, 9.17) is 65.2 Å². The van der Waals surface area contributed by atoms with Crippen LogP contribution in [0.25, 0.3) is 0 Å². The molecule has 2 aromatic carbocycles. The number of pyridine rings is 2. The number of hydrogen-bond acceptors (Lipinski definition) is 6. The second-order valence-corrected chi connectivity index (χ2v) is 15.7. The molecule has 1 aliphatic heterocycles. The highest BCUT2D eigenvalue weighted by molar-refractivity contribution is 14.1. The van der Waals surface area contributed by atoms with Gasteiger partial charge >= 0.3 is 7.12 Å². The van der Waals surface area contributed by atoms with Crippen LogP contribution in [0.4, 0.5) is 0 Å². The van der Waals surface area contributed by atoms with Crippen LogP contribution in [-0.2, 0) is 35.0 Å². The molecule has 3 heterocycles. The minimum atomic E-state index is -0.430. The molecule has 12 heteroatoms. The Balaban J connectivity index is 0.000000247. The second-order valence-electron chi connectivity index (χ2n) is 12.1. The number of benzene rings is 2. The molecule has 4 aromatic rings. The maximum atomic E-state index is 6.25. The van der Waals surface area contributed by atoms with E-state index < -0.39 is 7.12 Å². The van der Waals surface area contributed by atoms with Crippen molar-refractivity contribution in [1.29, 1.82) is 0 Å². The van der Waals surface area contributed by atoms with E-state index in [0.717, 1.165) is 57.6 Å². The zero-order valence-electron chi connectivity index (χ0n) is 28.3. The molecule has 6 nitrogen and oxygen atoms in total. The number of halogens is 5. The molecule has 0 amide bonds. The number of rotatable bonds is 9. The van der Waals surface area contributed by atoms with Crippen molar-refractivity contribution in [3.8, 4) is 11.5 Å². The number of ether oxygens (including phenoxy) is 2. The van der Waals surface area contributed by atoms with Crippen LogP contribution in [0.5, 0.6) is 11.5 Å². The molecule has 0 spiro atoms. The second kappa shape index (κ2) is 19.0. The number of nitrogens with zero attached hydrogens (tertiary/aromatic N) is 2. The lowest BCUT2D eigenvalue weighted by Gasteiger charge is -2.32. The third-order valence-electron chi connectivity index (χ3n) is 7.86. The molecule has 5 rings (SSSR count). The molecule has 0 saturated carbocycles. The van der Waals surface area contributed by atoms with Gasteiger partial charge in [0.1, 0.15) is 26.6 Å². The number of aromatic nitrogens is 2. The summed E-state index contributed by atoms with van der Waals surface area (Å²) in [4.78, 5) is 8.55. The van der Waals surface area contributed by atoms with Gasteiger partial charge in [0.15, 0.2) is 0 Å². The Kier molecular flexibility index (Phi) is 16.1. The van der Waals surface area contributed by atoms with Crippen molar-refractivity contribution in [1.82, 2.24) is 9.97 Å². The number of methoxy groups -OCH3 is 2.